The molecule has 134 valence electrons. The van der Waals surface area contributed by atoms with E-state index in [0.717, 1.165) is 0 Å². The molecular formula is C13H9N5O8. The van der Waals surface area contributed by atoms with E-state index in [0.29, 0.717) is 17.7 Å². The van der Waals surface area contributed by atoms with Gasteiger partial charge in [0.15, 0.2) is 5.69 Å². The molecule has 2 aromatic carbocycles. The van der Waals surface area contributed by atoms with E-state index >= 15 is 0 Å². The van der Waals surface area contributed by atoms with Crippen LogP contribution in [0.15, 0.2) is 36.4 Å². The summed E-state index contributed by atoms with van der Waals surface area (Å²) in [6, 6.07) is 6.38. The monoisotopic (exact) mass is 363 g/mol. The fourth-order valence-corrected chi connectivity index (χ4v) is 2.10. The average Bonchev–Trinajstić information content (AvgIpc) is 2.59. The summed E-state index contributed by atoms with van der Waals surface area (Å²) in [5.74, 6) is 0. The van der Waals surface area contributed by atoms with Crippen molar-refractivity contribution < 1.29 is 19.7 Å². The second-order valence-corrected chi connectivity index (χ2v) is 4.91. The zero-order valence-electron chi connectivity index (χ0n) is 12.7. The van der Waals surface area contributed by atoms with Gasteiger partial charge in [-0.3, -0.25) is 40.5 Å². The van der Waals surface area contributed by atoms with E-state index in [1.54, 1.807) is 0 Å². The van der Waals surface area contributed by atoms with Crippen LogP contribution in [-0.4, -0.2) is 19.7 Å². The van der Waals surface area contributed by atoms with E-state index in [-0.39, 0.29) is 12.2 Å². The first-order valence-corrected chi connectivity index (χ1v) is 6.79. The van der Waals surface area contributed by atoms with Crippen molar-refractivity contribution in [3.05, 3.63) is 82.4 Å². The van der Waals surface area contributed by atoms with Gasteiger partial charge in [-0.15, -0.1) is 0 Å². The van der Waals surface area contributed by atoms with Crippen molar-refractivity contribution >= 4 is 28.4 Å². The Morgan fingerprint density at radius 3 is 1.54 bits per heavy atom. The normalized spacial score (nSPS) is 10.2. The van der Waals surface area contributed by atoms with Gasteiger partial charge in [-0.05, 0) is 5.56 Å². The van der Waals surface area contributed by atoms with Crippen LogP contribution in [0, 0.1) is 40.5 Å². The summed E-state index contributed by atoms with van der Waals surface area (Å²) in [5, 5.41) is 46.2. The molecule has 0 aliphatic heterocycles. The number of benzene rings is 2. The van der Waals surface area contributed by atoms with Gasteiger partial charge < -0.3 is 5.32 Å². The molecule has 0 saturated heterocycles. The van der Waals surface area contributed by atoms with Crippen molar-refractivity contribution in [2.45, 2.75) is 6.54 Å². The second-order valence-electron chi connectivity index (χ2n) is 4.91. The molecule has 0 amide bonds. The number of hydrogen-bond donors (Lipinski definition) is 1. The number of non-ortho nitro benzene ring substituents is 2. The van der Waals surface area contributed by atoms with Crippen molar-refractivity contribution in [3.63, 3.8) is 0 Å². The molecule has 0 spiro atoms. The number of nitro benzene ring substituents is 4. The highest BCUT2D eigenvalue weighted by atomic mass is 16.6. The number of nitro groups is 4. The molecule has 2 rings (SSSR count). The van der Waals surface area contributed by atoms with Gasteiger partial charge in [0.25, 0.3) is 11.4 Å². The molecule has 13 nitrogen and oxygen atoms in total. The maximum atomic E-state index is 11.1. The first-order chi connectivity index (χ1) is 12.2. The maximum Gasteiger partial charge on any atom is 0.306 e. The van der Waals surface area contributed by atoms with Crippen LogP contribution in [0.5, 0.6) is 0 Å². The van der Waals surface area contributed by atoms with Crippen molar-refractivity contribution in [2.75, 3.05) is 5.32 Å². The first kappa shape index (κ1) is 18.2. The fourth-order valence-electron chi connectivity index (χ4n) is 2.10. The predicted molar refractivity (Wildman–Crippen MR) is 86.8 cm³/mol. The Morgan fingerprint density at radius 2 is 1.15 bits per heavy atom. The third kappa shape index (κ3) is 3.84. The maximum absolute atomic E-state index is 11.1. The molecule has 2 aromatic rings. The molecule has 0 radical (unpaired) electrons. The molecule has 0 fully saturated rings. The van der Waals surface area contributed by atoms with Gasteiger partial charge in [-0.1, -0.05) is 12.1 Å². The number of anilines is 1. The lowest BCUT2D eigenvalue weighted by Crippen LogP contribution is -2.07. The molecule has 0 aliphatic rings. The highest BCUT2D eigenvalue weighted by Gasteiger charge is 2.30. The van der Waals surface area contributed by atoms with Gasteiger partial charge in [-0.25, -0.2) is 0 Å². The van der Waals surface area contributed by atoms with Gasteiger partial charge in [0.05, 0.1) is 31.8 Å². The van der Waals surface area contributed by atoms with Crippen LogP contribution < -0.4 is 5.32 Å². The highest BCUT2D eigenvalue weighted by molar-refractivity contribution is 5.77. The molecule has 13 heteroatoms. The summed E-state index contributed by atoms with van der Waals surface area (Å²) < 4.78 is 0. The number of hydrogen-bond acceptors (Lipinski definition) is 9. The van der Waals surface area contributed by atoms with Gasteiger partial charge in [0.2, 0.25) is 0 Å². The number of nitrogens with zero attached hydrogens (tertiary/aromatic N) is 4. The van der Waals surface area contributed by atoms with Crippen molar-refractivity contribution in [3.8, 4) is 0 Å². The Labute approximate surface area is 143 Å². The molecule has 0 saturated carbocycles. The topological polar surface area (TPSA) is 185 Å². The zero-order valence-corrected chi connectivity index (χ0v) is 12.7. The van der Waals surface area contributed by atoms with Crippen LogP contribution in [0.1, 0.15) is 5.56 Å². The van der Waals surface area contributed by atoms with Crippen molar-refractivity contribution in [1.29, 1.82) is 0 Å². The van der Waals surface area contributed by atoms with E-state index < -0.39 is 42.4 Å². The van der Waals surface area contributed by atoms with Gasteiger partial charge in [0, 0.05) is 18.7 Å². The van der Waals surface area contributed by atoms with E-state index in [1.165, 1.54) is 24.3 Å². The predicted octanol–water partition coefficient (Wildman–Crippen LogP) is 2.93. The smallest absolute Gasteiger partial charge is 0.306 e. The largest absolute Gasteiger partial charge is 0.370 e. The Balaban J connectivity index is 2.40. The zero-order chi connectivity index (χ0) is 19.4. The minimum Gasteiger partial charge on any atom is -0.370 e. The van der Waals surface area contributed by atoms with Gasteiger partial charge >= 0.3 is 11.4 Å². The lowest BCUT2D eigenvalue weighted by molar-refractivity contribution is -0.401. The summed E-state index contributed by atoms with van der Waals surface area (Å²) >= 11 is 0. The summed E-state index contributed by atoms with van der Waals surface area (Å²) in [7, 11) is 0. The van der Waals surface area contributed by atoms with Crippen molar-refractivity contribution in [2.24, 2.45) is 0 Å². The van der Waals surface area contributed by atoms with Gasteiger partial charge in [0.1, 0.15) is 0 Å². The number of nitrogens with one attached hydrogen (secondary N) is 1. The van der Waals surface area contributed by atoms with Gasteiger partial charge in [-0.2, -0.15) is 0 Å². The van der Waals surface area contributed by atoms with E-state index in [4.69, 9.17) is 0 Å². The lowest BCUT2D eigenvalue weighted by atomic mass is 10.1. The second kappa shape index (κ2) is 7.16. The number of rotatable bonds is 7. The third-order valence-electron chi connectivity index (χ3n) is 3.30. The molecule has 0 unspecified atom stereocenters. The van der Waals surface area contributed by atoms with E-state index in [9.17, 15) is 40.5 Å². The molecule has 0 atom stereocenters. The summed E-state index contributed by atoms with van der Waals surface area (Å²) in [6.45, 7) is -0.127. The summed E-state index contributed by atoms with van der Waals surface area (Å²) in [5.41, 5.74) is -2.65. The molecule has 26 heavy (non-hydrogen) atoms. The van der Waals surface area contributed by atoms with Crippen LogP contribution in [0.2, 0.25) is 0 Å². The van der Waals surface area contributed by atoms with Crippen LogP contribution in [-0.2, 0) is 6.54 Å². The van der Waals surface area contributed by atoms with Crippen LogP contribution in [0.4, 0.5) is 28.4 Å². The van der Waals surface area contributed by atoms with Crippen LogP contribution in [0.25, 0.3) is 0 Å². The SMILES string of the molecule is O=[N+]([O-])c1ccc(CNc2c([N+](=O)[O-])cc([N+](=O)[O-])cc2[N+](=O)[O-])cc1. The highest BCUT2D eigenvalue weighted by Crippen LogP contribution is 2.38. The molecule has 0 heterocycles. The molecule has 0 aromatic heterocycles. The lowest BCUT2D eigenvalue weighted by Gasteiger charge is -2.08. The average molecular weight is 363 g/mol. The van der Waals surface area contributed by atoms with Crippen molar-refractivity contribution in [1.82, 2.24) is 0 Å². The Kier molecular flexibility index (Phi) is 5.01. The fraction of sp³-hybridized carbons (Fsp3) is 0.0769. The first-order valence-electron chi connectivity index (χ1n) is 6.79. The minimum atomic E-state index is -0.974. The molecule has 0 aliphatic carbocycles. The van der Waals surface area contributed by atoms with Crippen LogP contribution in [0.3, 0.4) is 0 Å². The molecular weight excluding hydrogens is 354 g/mol. The quantitative estimate of drug-likeness (QED) is 0.570. The Morgan fingerprint density at radius 1 is 0.692 bits per heavy atom. The Hall–Kier alpha value is -4.16. The third-order valence-corrected chi connectivity index (χ3v) is 3.30. The summed E-state index contributed by atoms with van der Waals surface area (Å²) in [4.78, 5) is 40.2. The summed E-state index contributed by atoms with van der Waals surface area (Å²) in [6.07, 6.45) is 0. The molecule has 0 bridgehead atoms. The minimum absolute atomic E-state index is 0.127. The van der Waals surface area contributed by atoms with Crippen LogP contribution >= 0.6 is 0 Å². The Bertz CT molecular complexity index is 876. The standard InChI is InChI=1S/C13H9N5O8/c19-15(20)9-3-1-8(2-4-9)7-14-13-11(17(23)24)5-10(16(21)22)6-12(13)18(25)26/h1-6,14H,7H2. The van der Waals surface area contributed by atoms with E-state index in [1.807, 2.05) is 0 Å². The molecule has 1 N–H and O–H groups in total. The van der Waals surface area contributed by atoms with E-state index in [2.05, 4.69) is 5.32 Å².